The molecular weight excluding hydrogens is 1080 g/mol. The Balaban J connectivity index is 0.633. The number of hydrogen-bond acceptors (Lipinski definition) is 2. The van der Waals surface area contributed by atoms with Gasteiger partial charge >= 0.3 is 0 Å². The van der Waals surface area contributed by atoms with Crippen LogP contribution >= 0.6 is 0 Å². The molecule has 0 saturated heterocycles. The van der Waals surface area contributed by atoms with Crippen molar-refractivity contribution in [3.8, 4) is 22.3 Å². The summed E-state index contributed by atoms with van der Waals surface area (Å²) in [4.78, 5) is 4.96. The maximum absolute atomic E-state index is 2.48. The minimum absolute atomic E-state index is 0.225. The number of hydrogen-bond donors (Lipinski definition) is 0. The lowest BCUT2D eigenvalue weighted by molar-refractivity contribution is 0.660. The summed E-state index contributed by atoms with van der Waals surface area (Å²) < 4.78 is 0. The monoisotopic (exact) mass is 1150 g/mol. The molecule has 2 aliphatic rings. The highest BCUT2D eigenvalue weighted by atomic mass is 15.1. The van der Waals surface area contributed by atoms with Gasteiger partial charge in [-0.2, -0.15) is 0 Å². The van der Waals surface area contributed by atoms with Gasteiger partial charge in [0.25, 0.3) is 0 Å². The van der Waals surface area contributed by atoms with Crippen LogP contribution in [0.5, 0.6) is 0 Å². The molecule has 0 heterocycles. The van der Waals surface area contributed by atoms with Crippen LogP contribution in [-0.2, 0) is 10.8 Å². The molecule has 0 bridgehead atoms. The molecule has 2 aliphatic carbocycles. The Morgan fingerprint density at radius 1 is 0.222 bits per heavy atom. The first-order valence-corrected chi connectivity index (χ1v) is 31.5. The molecular formula is C88H64N2. The van der Waals surface area contributed by atoms with Gasteiger partial charge in [-0.1, -0.05) is 283 Å². The maximum Gasteiger partial charge on any atom is 0.0546 e. The molecule has 15 aromatic rings. The minimum Gasteiger partial charge on any atom is -0.310 e. The van der Waals surface area contributed by atoms with E-state index < -0.39 is 0 Å². The standard InChI is InChI=1S/C88H64N2/c1-87(2)81-49-59(37-45-75(81)77-47-43-69(55-83(77)87)89(67-41-39-61-17-5-7-19-63(61)51-67)85-53-65-21-9-11-23-71(65)73-25-13-15-27-79(73)85)35-33-57-29-31-58(32-30-57)34-36-60-38-46-76-78-48-44-70(56-84(78)88(3,4)82(76)50-60)90(68-42-40-62-18-6-8-20-64(62)52-68)86-54-66-22-10-12-24-72(66)74-26-14-16-28-80(74)86/h5-56H,1-4H3. The molecule has 15 aromatic carbocycles. The highest BCUT2D eigenvalue weighted by Gasteiger charge is 2.38. The Bertz CT molecular complexity index is 5160. The third-order valence-electron chi connectivity index (χ3n) is 19.7. The molecule has 0 aliphatic heterocycles. The summed E-state index contributed by atoms with van der Waals surface area (Å²) >= 11 is 0. The first-order valence-electron chi connectivity index (χ1n) is 31.5. The predicted octanol–water partition coefficient (Wildman–Crippen LogP) is 24.5. The molecule has 0 amide bonds. The first-order chi connectivity index (χ1) is 44.1. The van der Waals surface area contributed by atoms with Crippen molar-refractivity contribution in [1.82, 2.24) is 0 Å². The van der Waals surface area contributed by atoms with Crippen molar-refractivity contribution in [2.24, 2.45) is 0 Å². The van der Waals surface area contributed by atoms with Crippen LogP contribution in [0.15, 0.2) is 291 Å². The van der Waals surface area contributed by atoms with E-state index >= 15 is 0 Å². The largest absolute Gasteiger partial charge is 0.310 e. The topological polar surface area (TPSA) is 6.48 Å². The van der Waals surface area contributed by atoms with Crippen molar-refractivity contribution < 1.29 is 0 Å². The molecule has 0 aromatic heterocycles. The van der Waals surface area contributed by atoms with E-state index in [0.29, 0.717) is 0 Å². The zero-order valence-electron chi connectivity index (χ0n) is 50.9. The van der Waals surface area contributed by atoms with Crippen LogP contribution in [-0.4, -0.2) is 0 Å². The fourth-order valence-corrected chi connectivity index (χ4v) is 15.0. The summed E-state index contributed by atoms with van der Waals surface area (Å²) in [5.41, 5.74) is 21.8. The van der Waals surface area contributed by atoms with E-state index in [9.17, 15) is 0 Å². The molecule has 2 nitrogen and oxygen atoms in total. The van der Waals surface area contributed by atoms with Gasteiger partial charge in [-0.3, -0.25) is 0 Å². The number of benzene rings is 15. The second kappa shape index (κ2) is 20.8. The van der Waals surface area contributed by atoms with Crippen molar-refractivity contribution in [3.63, 3.8) is 0 Å². The summed E-state index contributed by atoms with van der Waals surface area (Å²) in [6.45, 7) is 9.56. The van der Waals surface area contributed by atoms with E-state index in [1.165, 1.54) is 143 Å². The van der Waals surface area contributed by atoms with Crippen LogP contribution in [0.25, 0.3) is 111 Å². The predicted molar refractivity (Wildman–Crippen MR) is 387 cm³/mol. The first kappa shape index (κ1) is 53.2. The molecule has 2 heteroatoms. The van der Waals surface area contributed by atoms with Crippen LogP contribution in [0.1, 0.15) is 72.2 Å². The Morgan fingerprint density at radius 3 is 0.922 bits per heavy atom. The molecule has 0 atom stereocenters. The fraction of sp³-hybridized carbons (Fsp3) is 0.0682. The van der Waals surface area contributed by atoms with E-state index in [4.69, 9.17) is 0 Å². The van der Waals surface area contributed by atoms with Crippen molar-refractivity contribution in [2.75, 3.05) is 9.80 Å². The van der Waals surface area contributed by atoms with Gasteiger partial charge in [0.15, 0.2) is 0 Å². The molecule has 0 radical (unpaired) electrons. The third-order valence-corrected chi connectivity index (χ3v) is 19.7. The summed E-state index contributed by atoms with van der Waals surface area (Å²) in [6, 6.07) is 108. The molecule has 0 fully saturated rings. The number of nitrogens with zero attached hydrogens (tertiary/aromatic N) is 2. The van der Waals surface area contributed by atoms with Crippen molar-refractivity contribution in [3.05, 3.63) is 336 Å². The molecule has 0 spiro atoms. The minimum atomic E-state index is -0.225. The van der Waals surface area contributed by atoms with Gasteiger partial charge in [-0.05, 0) is 181 Å². The lowest BCUT2D eigenvalue weighted by Gasteiger charge is -2.30. The summed E-state index contributed by atoms with van der Waals surface area (Å²) in [7, 11) is 0. The van der Waals surface area contributed by atoms with Gasteiger partial charge in [-0.15, -0.1) is 0 Å². The third kappa shape index (κ3) is 8.77. The average Bonchev–Trinajstić information content (AvgIpc) is 1.47. The van der Waals surface area contributed by atoms with Gasteiger partial charge in [0.05, 0.1) is 11.4 Å². The van der Waals surface area contributed by atoms with Gasteiger partial charge in [0.2, 0.25) is 0 Å². The van der Waals surface area contributed by atoms with E-state index in [-0.39, 0.29) is 10.8 Å². The lowest BCUT2D eigenvalue weighted by atomic mass is 9.81. The van der Waals surface area contributed by atoms with E-state index in [2.05, 4.69) is 353 Å². The van der Waals surface area contributed by atoms with Gasteiger partial charge in [0.1, 0.15) is 0 Å². The normalized spacial score (nSPS) is 13.6. The smallest absolute Gasteiger partial charge is 0.0546 e. The zero-order valence-corrected chi connectivity index (χ0v) is 50.9. The van der Waals surface area contributed by atoms with E-state index in [1.807, 2.05) is 0 Å². The van der Waals surface area contributed by atoms with Gasteiger partial charge < -0.3 is 9.80 Å². The van der Waals surface area contributed by atoms with Crippen LogP contribution in [0.4, 0.5) is 34.1 Å². The van der Waals surface area contributed by atoms with Crippen molar-refractivity contribution in [2.45, 2.75) is 38.5 Å². The second-order valence-electron chi connectivity index (χ2n) is 25.7. The lowest BCUT2D eigenvalue weighted by Crippen LogP contribution is -2.17. The Labute approximate surface area is 526 Å². The van der Waals surface area contributed by atoms with Crippen LogP contribution < -0.4 is 9.80 Å². The van der Waals surface area contributed by atoms with E-state index in [0.717, 1.165) is 22.7 Å². The second-order valence-corrected chi connectivity index (χ2v) is 25.7. The SMILES string of the molecule is CC1(C)c2cc(C=Cc3ccc(C=Cc4ccc5c(c4)C(C)(C)c4cc(N(c6ccc7ccccc7c6)c6cc7ccccc7c7ccccc67)ccc4-5)cc3)ccc2-c2ccc(N(c3ccc4ccccc4c3)c3cc4ccccc4c4ccccc34)cc21. The van der Waals surface area contributed by atoms with Crippen molar-refractivity contribution in [1.29, 1.82) is 0 Å². The van der Waals surface area contributed by atoms with Crippen LogP contribution in [0.2, 0.25) is 0 Å². The Kier molecular flexibility index (Phi) is 12.3. The summed E-state index contributed by atoms with van der Waals surface area (Å²) in [6.07, 6.45) is 9.02. The number of rotatable bonds is 10. The highest BCUT2D eigenvalue weighted by Crippen LogP contribution is 2.54. The number of fused-ring (bicyclic) bond motifs is 14. The summed E-state index contributed by atoms with van der Waals surface area (Å²) in [5.74, 6) is 0. The molecule has 0 N–H and O–H groups in total. The summed E-state index contributed by atoms with van der Waals surface area (Å²) in [5, 5.41) is 14.9. The maximum atomic E-state index is 2.48. The quantitative estimate of drug-likeness (QED) is 0.0995. The highest BCUT2D eigenvalue weighted by molar-refractivity contribution is 6.16. The van der Waals surface area contributed by atoms with E-state index in [1.54, 1.807) is 0 Å². The molecule has 426 valence electrons. The molecule has 0 saturated carbocycles. The fourth-order valence-electron chi connectivity index (χ4n) is 15.0. The van der Waals surface area contributed by atoms with Crippen LogP contribution in [0, 0.1) is 0 Å². The average molecular weight is 1150 g/mol. The zero-order chi connectivity index (χ0) is 60.2. The van der Waals surface area contributed by atoms with Gasteiger partial charge in [0, 0.05) is 44.4 Å². The van der Waals surface area contributed by atoms with Gasteiger partial charge in [-0.25, -0.2) is 0 Å². The van der Waals surface area contributed by atoms with Crippen molar-refractivity contribution >= 4 is 123 Å². The molecule has 0 unspecified atom stereocenters. The molecule has 90 heavy (non-hydrogen) atoms. The van der Waals surface area contributed by atoms with Crippen LogP contribution in [0.3, 0.4) is 0 Å². The number of anilines is 6. The molecule has 17 rings (SSSR count). The Morgan fingerprint density at radius 2 is 0.511 bits per heavy atom. The Hall–Kier alpha value is -11.1.